The van der Waals surface area contributed by atoms with Gasteiger partial charge >= 0.3 is 6.18 Å². The highest BCUT2D eigenvalue weighted by Gasteiger charge is 2.38. The Morgan fingerprint density at radius 1 is 1.03 bits per heavy atom. The summed E-state index contributed by atoms with van der Waals surface area (Å²) in [5, 5.41) is 0. The van der Waals surface area contributed by atoms with Gasteiger partial charge in [0.15, 0.2) is 0 Å². The number of hydrogen-bond acceptors (Lipinski definition) is 2. The molecule has 2 aromatic carbocycles. The van der Waals surface area contributed by atoms with Crippen LogP contribution in [0.25, 0.3) is 0 Å². The summed E-state index contributed by atoms with van der Waals surface area (Å²) >= 11 is 0. The van der Waals surface area contributed by atoms with Crippen LogP contribution in [0.4, 0.5) is 13.2 Å². The molecule has 2 aliphatic rings. The average molecular weight is 459 g/mol. The van der Waals surface area contributed by atoms with E-state index < -0.39 is 11.7 Å². The van der Waals surface area contributed by atoms with Crippen LogP contribution in [-0.4, -0.2) is 48.4 Å². The van der Waals surface area contributed by atoms with Crippen molar-refractivity contribution in [3.63, 3.8) is 0 Å². The SMILES string of the molecule is Cc1ccc(C2CN(C(=O)c3cccc(C(F)(F)F)c3)CC2CN(C)C2CCCCC2)cc1. The van der Waals surface area contributed by atoms with Crippen LogP contribution >= 0.6 is 0 Å². The summed E-state index contributed by atoms with van der Waals surface area (Å²) in [5.41, 5.74) is 1.71. The van der Waals surface area contributed by atoms with Crippen molar-refractivity contribution in [2.45, 2.75) is 57.2 Å². The molecule has 1 amide bonds. The summed E-state index contributed by atoms with van der Waals surface area (Å²) in [6.07, 6.45) is 1.80. The van der Waals surface area contributed by atoms with Crippen molar-refractivity contribution < 1.29 is 18.0 Å². The molecule has 0 N–H and O–H groups in total. The Morgan fingerprint density at radius 2 is 1.73 bits per heavy atom. The minimum absolute atomic E-state index is 0.105. The van der Waals surface area contributed by atoms with Gasteiger partial charge in [0, 0.05) is 37.2 Å². The van der Waals surface area contributed by atoms with Crippen LogP contribution in [0.2, 0.25) is 0 Å². The first-order valence-corrected chi connectivity index (χ1v) is 12.0. The molecular weight excluding hydrogens is 425 g/mol. The molecule has 1 aliphatic carbocycles. The van der Waals surface area contributed by atoms with Gasteiger partial charge in [-0.15, -0.1) is 0 Å². The monoisotopic (exact) mass is 458 g/mol. The molecule has 6 heteroatoms. The predicted octanol–water partition coefficient (Wildman–Crippen LogP) is 6.13. The molecule has 2 aromatic rings. The number of aryl methyl sites for hydroxylation is 1. The number of amides is 1. The van der Waals surface area contributed by atoms with E-state index in [1.165, 1.54) is 55.4 Å². The Morgan fingerprint density at radius 3 is 2.39 bits per heavy atom. The minimum atomic E-state index is -4.46. The zero-order valence-electron chi connectivity index (χ0n) is 19.4. The van der Waals surface area contributed by atoms with E-state index in [0.29, 0.717) is 19.1 Å². The van der Waals surface area contributed by atoms with E-state index in [9.17, 15) is 18.0 Å². The fourth-order valence-electron chi connectivity index (χ4n) is 5.47. The fourth-order valence-corrected chi connectivity index (χ4v) is 5.47. The van der Waals surface area contributed by atoms with Crippen LogP contribution in [0.15, 0.2) is 48.5 Å². The van der Waals surface area contributed by atoms with E-state index in [4.69, 9.17) is 0 Å². The molecule has 1 aliphatic heterocycles. The Bertz CT molecular complexity index is 951. The zero-order chi connectivity index (χ0) is 23.6. The molecule has 2 fully saturated rings. The third-order valence-corrected chi connectivity index (χ3v) is 7.39. The highest BCUT2D eigenvalue weighted by Crippen LogP contribution is 2.36. The van der Waals surface area contributed by atoms with Gasteiger partial charge in [0.25, 0.3) is 5.91 Å². The molecule has 3 nitrogen and oxygen atoms in total. The van der Waals surface area contributed by atoms with Crippen LogP contribution in [0.3, 0.4) is 0 Å². The van der Waals surface area contributed by atoms with Crippen molar-refractivity contribution in [1.82, 2.24) is 9.80 Å². The number of benzene rings is 2. The molecule has 1 heterocycles. The number of alkyl halides is 3. The van der Waals surface area contributed by atoms with Crippen molar-refractivity contribution in [2.75, 3.05) is 26.7 Å². The van der Waals surface area contributed by atoms with E-state index in [-0.39, 0.29) is 23.3 Å². The van der Waals surface area contributed by atoms with Crippen molar-refractivity contribution in [3.8, 4) is 0 Å². The molecule has 0 spiro atoms. The maximum Gasteiger partial charge on any atom is 0.416 e. The smallest absolute Gasteiger partial charge is 0.338 e. The Kier molecular flexibility index (Phi) is 7.13. The molecule has 1 saturated carbocycles. The highest BCUT2D eigenvalue weighted by atomic mass is 19.4. The van der Waals surface area contributed by atoms with E-state index in [0.717, 1.165) is 18.7 Å². The topological polar surface area (TPSA) is 23.6 Å². The quantitative estimate of drug-likeness (QED) is 0.538. The van der Waals surface area contributed by atoms with Crippen LogP contribution in [0.1, 0.15) is 65.1 Å². The maximum atomic E-state index is 13.2. The maximum absolute atomic E-state index is 13.2. The second-order valence-corrected chi connectivity index (χ2v) is 9.80. The van der Waals surface area contributed by atoms with E-state index in [1.807, 2.05) is 0 Å². The molecule has 4 rings (SSSR count). The predicted molar refractivity (Wildman–Crippen MR) is 124 cm³/mol. The number of likely N-dealkylation sites (tertiary alicyclic amines) is 1. The van der Waals surface area contributed by atoms with Crippen LogP contribution in [0.5, 0.6) is 0 Å². The summed E-state index contributed by atoms with van der Waals surface area (Å²) in [6, 6.07) is 13.8. The second kappa shape index (κ2) is 9.88. The number of halogens is 3. The minimum Gasteiger partial charge on any atom is -0.338 e. The van der Waals surface area contributed by atoms with Gasteiger partial charge in [0.2, 0.25) is 0 Å². The van der Waals surface area contributed by atoms with Crippen LogP contribution < -0.4 is 0 Å². The number of nitrogens with zero attached hydrogens (tertiary/aromatic N) is 2. The Balaban J connectivity index is 1.55. The number of hydrogen-bond donors (Lipinski definition) is 0. The standard InChI is InChI=1S/C27H33F3N2O/c1-19-11-13-20(14-12-19)25-18-32(17-22(25)16-31(2)24-9-4-3-5-10-24)26(33)21-7-6-8-23(15-21)27(28,29)30/h6-8,11-15,22,24-25H,3-5,9-10,16-18H2,1-2H3. The lowest BCUT2D eigenvalue weighted by molar-refractivity contribution is -0.137. The second-order valence-electron chi connectivity index (χ2n) is 9.80. The zero-order valence-corrected chi connectivity index (χ0v) is 19.4. The summed E-state index contributed by atoms with van der Waals surface area (Å²) < 4.78 is 39.5. The van der Waals surface area contributed by atoms with Gasteiger partial charge in [-0.3, -0.25) is 4.79 Å². The average Bonchev–Trinajstić information content (AvgIpc) is 3.23. The molecule has 0 radical (unpaired) electrons. The first-order chi connectivity index (χ1) is 15.7. The molecule has 0 aromatic heterocycles. The van der Waals surface area contributed by atoms with Crippen molar-refractivity contribution in [3.05, 3.63) is 70.8 Å². The molecule has 2 atom stereocenters. The molecule has 33 heavy (non-hydrogen) atoms. The van der Waals surface area contributed by atoms with E-state index in [2.05, 4.69) is 43.1 Å². The van der Waals surface area contributed by atoms with Crippen molar-refractivity contribution in [1.29, 1.82) is 0 Å². The fraction of sp³-hybridized carbons (Fsp3) is 0.519. The van der Waals surface area contributed by atoms with Gasteiger partial charge < -0.3 is 9.80 Å². The number of rotatable bonds is 5. The Labute approximate surface area is 194 Å². The normalized spacial score (nSPS) is 22.2. The first-order valence-electron chi connectivity index (χ1n) is 12.0. The summed E-state index contributed by atoms with van der Waals surface area (Å²) in [7, 11) is 2.18. The lowest BCUT2D eigenvalue weighted by Gasteiger charge is -2.34. The Hall–Kier alpha value is -2.34. The van der Waals surface area contributed by atoms with Gasteiger partial charge in [0.05, 0.1) is 5.56 Å². The van der Waals surface area contributed by atoms with Gasteiger partial charge in [-0.05, 0) is 56.5 Å². The third kappa shape index (κ3) is 5.60. The molecule has 0 bridgehead atoms. The van der Waals surface area contributed by atoms with E-state index in [1.54, 1.807) is 4.90 Å². The van der Waals surface area contributed by atoms with Gasteiger partial charge in [-0.25, -0.2) is 0 Å². The highest BCUT2D eigenvalue weighted by molar-refractivity contribution is 5.94. The summed E-state index contributed by atoms with van der Waals surface area (Å²) in [5.74, 6) is 0.0989. The molecule has 2 unspecified atom stereocenters. The molecular formula is C27H33F3N2O. The van der Waals surface area contributed by atoms with Crippen LogP contribution in [-0.2, 0) is 6.18 Å². The lowest BCUT2D eigenvalue weighted by Crippen LogP contribution is -2.39. The summed E-state index contributed by atoms with van der Waals surface area (Å²) in [6.45, 7) is 4.03. The summed E-state index contributed by atoms with van der Waals surface area (Å²) in [4.78, 5) is 17.4. The number of carbonyl (C=O) groups is 1. The number of carbonyl (C=O) groups excluding carboxylic acids is 1. The first kappa shape index (κ1) is 23.8. The van der Waals surface area contributed by atoms with Gasteiger partial charge in [-0.2, -0.15) is 13.2 Å². The van der Waals surface area contributed by atoms with Crippen molar-refractivity contribution >= 4 is 5.91 Å². The van der Waals surface area contributed by atoms with Gasteiger partial charge in [0.1, 0.15) is 0 Å². The van der Waals surface area contributed by atoms with E-state index >= 15 is 0 Å². The van der Waals surface area contributed by atoms with Gasteiger partial charge in [-0.1, -0.05) is 55.2 Å². The molecule has 1 saturated heterocycles. The van der Waals surface area contributed by atoms with Crippen molar-refractivity contribution in [2.24, 2.45) is 5.92 Å². The largest absolute Gasteiger partial charge is 0.416 e. The lowest BCUT2D eigenvalue weighted by atomic mass is 9.87. The van der Waals surface area contributed by atoms with Crippen LogP contribution in [0, 0.1) is 12.8 Å². The molecule has 178 valence electrons. The third-order valence-electron chi connectivity index (χ3n) is 7.39.